The second kappa shape index (κ2) is 6.24. The van der Waals surface area contributed by atoms with E-state index < -0.39 is 5.54 Å². The molecule has 3 amide bonds. The molecule has 0 spiro atoms. The Balaban J connectivity index is 1.61. The number of carbonyl (C=O) groups excluding carboxylic acids is 2. The highest BCUT2D eigenvalue weighted by molar-refractivity contribution is 6.06. The Labute approximate surface area is 141 Å². The highest BCUT2D eigenvalue weighted by Gasteiger charge is 2.51. The number of likely N-dealkylation sites (tertiary alicyclic amines) is 1. The zero-order valence-electron chi connectivity index (χ0n) is 14.0. The topological polar surface area (TPSA) is 94.3 Å². The number of hydrogen-bond donors (Lipinski definition) is 1. The maximum absolute atomic E-state index is 12.4. The van der Waals surface area contributed by atoms with E-state index in [2.05, 4.69) is 21.4 Å². The molecule has 8 heteroatoms. The summed E-state index contributed by atoms with van der Waals surface area (Å²) in [6.07, 6.45) is 5.21. The number of nitriles is 1. The largest absolute Gasteiger partial charge is 0.324 e. The summed E-state index contributed by atoms with van der Waals surface area (Å²) in [5.74, 6) is -0.0509. The molecule has 0 saturated carbocycles. The highest BCUT2D eigenvalue weighted by atomic mass is 16.2. The number of likely N-dealkylation sites (N-methyl/N-ethyl adjacent to an activating group) is 1. The van der Waals surface area contributed by atoms with Crippen LogP contribution < -0.4 is 5.32 Å². The van der Waals surface area contributed by atoms with E-state index in [0.29, 0.717) is 12.1 Å². The van der Waals surface area contributed by atoms with Crippen molar-refractivity contribution in [1.82, 2.24) is 24.9 Å². The van der Waals surface area contributed by atoms with Crippen LogP contribution in [0.1, 0.15) is 25.3 Å². The second-order valence-corrected chi connectivity index (χ2v) is 6.74. The van der Waals surface area contributed by atoms with Crippen LogP contribution in [0.5, 0.6) is 0 Å². The molecule has 2 atom stereocenters. The van der Waals surface area contributed by atoms with Crippen LogP contribution in [0.3, 0.4) is 0 Å². The van der Waals surface area contributed by atoms with Crippen molar-refractivity contribution >= 4 is 11.9 Å². The molecule has 8 nitrogen and oxygen atoms in total. The monoisotopic (exact) mass is 330 g/mol. The molecule has 3 heterocycles. The molecular weight excluding hydrogens is 308 g/mol. The highest BCUT2D eigenvalue weighted by Crippen LogP contribution is 2.31. The van der Waals surface area contributed by atoms with Gasteiger partial charge in [0.15, 0.2) is 0 Å². The van der Waals surface area contributed by atoms with Crippen LogP contribution in [0.15, 0.2) is 12.4 Å². The van der Waals surface area contributed by atoms with Crippen molar-refractivity contribution in [2.45, 2.75) is 31.8 Å². The molecule has 2 aliphatic rings. The van der Waals surface area contributed by atoms with Crippen molar-refractivity contribution in [3.8, 4) is 6.07 Å². The van der Waals surface area contributed by atoms with Crippen LogP contribution in [0.2, 0.25) is 0 Å². The third kappa shape index (κ3) is 2.87. The van der Waals surface area contributed by atoms with Gasteiger partial charge in [0.1, 0.15) is 11.6 Å². The zero-order chi connectivity index (χ0) is 17.3. The van der Waals surface area contributed by atoms with Crippen LogP contribution >= 0.6 is 0 Å². The van der Waals surface area contributed by atoms with Crippen molar-refractivity contribution in [3.63, 3.8) is 0 Å². The van der Waals surface area contributed by atoms with E-state index in [1.165, 1.54) is 11.9 Å². The fourth-order valence-electron chi connectivity index (χ4n) is 3.59. The van der Waals surface area contributed by atoms with Crippen molar-refractivity contribution < 1.29 is 9.59 Å². The van der Waals surface area contributed by atoms with Gasteiger partial charge in [-0.25, -0.2) is 4.79 Å². The number of piperidine rings is 1. The number of amides is 3. The summed E-state index contributed by atoms with van der Waals surface area (Å²) in [7, 11) is 1.52. The van der Waals surface area contributed by atoms with Gasteiger partial charge in [0.25, 0.3) is 5.91 Å². The van der Waals surface area contributed by atoms with Gasteiger partial charge >= 0.3 is 6.03 Å². The summed E-state index contributed by atoms with van der Waals surface area (Å²) in [5.41, 5.74) is -0.259. The number of nitrogens with zero attached hydrogens (tertiary/aromatic N) is 5. The van der Waals surface area contributed by atoms with Gasteiger partial charge in [-0.2, -0.15) is 10.4 Å². The molecule has 2 aliphatic heterocycles. The lowest BCUT2D eigenvalue weighted by molar-refractivity contribution is -0.132. The van der Waals surface area contributed by atoms with Crippen LogP contribution in [-0.2, 0) is 11.3 Å². The number of imide groups is 1. The van der Waals surface area contributed by atoms with Crippen molar-refractivity contribution in [3.05, 3.63) is 18.0 Å². The SMILES string of the molecule is CN1C(=O)N[C@@](C)([C@H]2CCCN(CCn3cc(C#N)cn3)C2)C1=O. The van der Waals surface area contributed by atoms with Gasteiger partial charge in [0, 0.05) is 32.3 Å². The van der Waals surface area contributed by atoms with Crippen molar-refractivity contribution in [2.24, 2.45) is 5.92 Å². The lowest BCUT2D eigenvalue weighted by Crippen LogP contribution is -2.56. The van der Waals surface area contributed by atoms with Crippen LogP contribution in [-0.4, -0.2) is 63.7 Å². The number of carbonyl (C=O) groups is 2. The average molecular weight is 330 g/mol. The predicted molar refractivity (Wildman–Crippen MR) is 85.8 cm³/mol. The van der Waals surface area contributed by atoms with Crippen molar-refractivity contribution in [1.29, 1.82) is 5.26 Å². The molecule has 2 saturated heterocycles. The van der Waals surface area contributed by atoms with E-state index in [4.69, 9.17) is 5.26 Å². The molecule has 0 aromatic carbocycles. The minimum absolute atomic E-state index is 0.0972. The summed E-state index contributed by atoms with van der Waals surface area (Å²) in [6, 6.07) is 1.75. The van der Waals surface area contributed by atoms with E-state index in [1.54, 1.807) is 17.1 Å². The molecule has 3 rings (SSSR count). The summed E-state index contributed by atoms with van der Waals surface area (Å²) < 4.78 is 1.76. The Hall–Kier alpha value is -2.40. The minimum atomic E-state index is -0.815. The Kier molecular flexibility index (Phi) is 4.28. The van der Waals surface area contributed by atoms with Gasteiger partial charge in [-0.15, -0.1) is 0 Å². The first kappa shape index (κ1) is 16.5. The van der Waals surface area contributed by atoms with Crippen LogP contribution in [0.4, 0.5) is 4.79 Å². The average Bonchev–Trinajstić information content (AvgIpc) is 3.13. The van der Waals surface area contributed by atoms with Crippen molar-refractivity contribution in [2.75, 3.05) is 26.7 Å². The molecule has 128 valence electrons. The molecule has 24 heavy (non-hydrogen) atoms. The standard InChI is InChI=1S/C16H22N6O2/c1-16(14(23)20(2)15(24)19-16)13-4-3-5-21(11-13)6-7-22-10-12(8-17)9-18-22/h9-10,13H,3-7,11H2,1-2H3,(H,19,24)/t13-,16-/m0/s1. The van der Waals surface area contributed by atoms with Crippen LogP contribution in [0, 0.1) is 17.2 Å². The summed E-state index contributed by atoms with van der Waals surface area (Å²) in [6.45, 7) is 5.07. The first-order valence-corrected chi connectivity index (χ1v) is 8.19. The molecule has 1 N–H and O–H groups in total. The van der Waals surface area contributed by atoms with Gasteiger partial charge in [-0.05, 0) is 26.3 Å². The first-order valence-electron chi connectivity index (χ1n) is 8.19. The molecule has 2 fully saturated rings. The number of hydrogen-bond acceptors (Lipinski definition) is 5. The third-order valence-electron chi connectivity index (χ3n) is 5.15. The molecule has 1 aromatic rings. The Morgan fingerprint density at radius 3 is 2.88 bits per heavy atom. The van der Waals surface area contributed by atoms with Crippen LogP contribution in [0.25, 0.3) is 0 Å². The summed E-state index contributed by atoms with van der Waals surface area (Å²) in [4.78, 5) is 27.7. The normalized spacial score (nSPS) is 28.0. The fraction of sp³-hybridized carbons (Fsp3) is 0.625. The van der Waals surface area contributed by atoms with Gasteiger partial charge < -0.3 is 10.2 Å². The smallest absolute Gasteiger partial charge is 0.323 e. The van der Waals surface area contributed by atoms with E-state index in [-0.39, 0.29) is 17.9 Å². The van der Waals surface area contributed by atoms with E-state index in [0.717, 1.165) is 32.5 Å². The predicted octanol–water partition coefficient (Wildman–Crippen LogP) is 0.407. The Morgan fingerprint density at radius 2 is 2.25 bits per heavy atom. The Morgan fingerprint density at radius 1 is 1.46 bits per heavy atom. The molecule has 0 bridgehead atoms. The van der Waals surface area contributed by atoms with E-state index in [1.807, 2.05) is 6.92 Å². The number of rotatable bonds is 4. The fourth-order valence-corrected chi connectivity index (χ4v) is 3.59. The number of nitrogens with one attached hydrogen (secondary N) is 1. The summed E-state index contributed by atoms with van der Waals surface area (Å²) >= 11 is 0. The van der Waals surface area contributed by atoms with Gasteiger partial charge in [-0.3, -0.25) is 14.4 Å². The quantitative estimate of drug-likeness (QED) is 0.807. The maximum atomic E-state index is 12.4. The van der Waals surface area contributed by atoms with Gasteiger partial charge in [-0.1, -0.05) is 0 Å². The lowest BCUT2D eigenvalue weighted by Gasteiger charge is -2.39. The van der Waals surface area contributed by atoms with E-state index >= 15 is 0 Å². The molecular formula is C16H22N6O2. The molecule has 1 aromatic heterocycles. The second-order valence-electron chi connectivity index (χ2n) is 6.74. The lowest BCUT2D eigenvalue weighted by atomic mass is 9.80. The number of aromatic nitrogens is 2. The Bertz CT molecular complexity index is 693. The first-order chi connectivity index (χ1) is 11.4. The van der Waals surface area contributed by atoms with Gasteiger partial charge in [0.05, 0.1) is 18.3 Å². The molecule has 0 aliphatic carbocycles. The molecule has 0 radical (unpaired) electrons. The minimum Gasteiger partial charge on any atom is -0.323 e. The van der Waals surface area contributed by atoms with E-state index in [9.17, 15) is 9.59 Å². The van der Waals surface area contributed by atoms with Gasteiger partial charge in [0.2, 0.25) is 0 Å². The molecule has 0 unspecified atom stereocenters. The maximum Gasteiger partial charge on any atom is 0.324 e. The summed E-state index contributed by atoms with van der Waals surface area (Å²) in [5, 5.41) is 15.9. The number of urea groups is 1. The zero-order valence-corrected chi connectivity index (χ0v) is 14.0. The third-order valence-corrected chi connectivity index (χ3v) is 5.15.